The number of aromatic nitrogens is 1. The highest BCUT2D eigenvalue weighted by atomic mass is 32.1. The standard InChI is InChI=1S/C13H15N3O2S/c1-18-11-4-2-10(3-5-11)8-14-9-12(17)16-13-15-6-7-19-13/h2-7,14H,8-9H2,1H3,(H,15,16,17). The Morgan fingerprint density at radius 3 is 2.79 bits per heavy atom. The molecule has 100 valence electrons. The van der Waals surface area contributed by atoms with E-state index >= 15 is 0 Å². The smallest absolute Gasteiger partial charge is 0.240 e. The molecule has 0 aliphatic carbocycles. The van der Waals surface area contributed by atoms with Crippen LogP contribution in [0.5, 0.6) is 5.75 Å². The molecule has 0 unspecified atom stereocenters. The average molecular weight is 277 g/mol. The predicted molar refractivity (Wildman–Crippen MR) is 75.4 cm³/mol. The second kappa shape index (κ2) is 6.86. The zero-order chi connectivity index (χ0) is 13.5. The Kier molecular flexibility index (Phi) is 4.88. The molecule has 1 aromatic carbocycles. The Morgan fingerprint density at radius 2 is 2.16 bits per heavy atom. The second-order valence-corrected chi connectivity index (χ2v) is 4.73. The lowest BCUT2D eigenvalue weighted by Gasteiger charge is -2.05. The minimum atomic E-state index is -0.0940. The highest BCUT2D eigenvalue weighted by Crippen LogP contribution is 2.11. The van der Waals surface area contributed by atoms with Crippen molar-refractivity contribution >= 4 is 22.4 Å². The SMILES string of the molecule is COc1ccc(CNCC(=O)Nc2nccs2)cc1. The molecule has 0 aliphatic heterocycles. The summed E-state index contributed by atoms with van der Waals surface area (Å²) in [5, 5.41) is 8.23. The van der Waals surface area contributed by atoms with Crippen LogP contribution in [-0.4, -0.2) is 24.5 Å². The summed E-state index contributed by atoms with van der Waals surface area (Å²) in [4.78, 5) is 15.6. The van der Waals surface area contributed by atoms with Crippen LogP contribution < -0.4 is 15.4 Å². The lowest BCUT2D eigenvalue weighted by molar-refractivity contribution is -0.115. The van der Waals surface area contributed by atoms with Gasteiger partial charge in [0.15, 0.2) is 5.13 Å². The van der Waals surface area contributed by atoms with Crippen molar-refractivity contribution in [3.05, 3.63) is 41.4 Å². The molecule has 0 spiro atoms. The maximum atomic E-state index is 11.6. The zero-order valence-electron chi connectivity index (χ0n) is 10.6. The number of anilines is 1. The number of hydrogen-bond acceptors (Lipinski definition) is 5. The van der Waals surface area contributed by atoms with Crippen LogP contribution >= 0.6 is 11.3 Å². The molecule has 2 N–H and O–H groups in total. The molecule has 1 heterocycles. The van der Waals surface area contributed by atoms with Crippen LogP contribution in [0.25, 0.3) is 0 Å². The fourth-order valence-corrected chi connectivity index (χ4v) is 2.06. The van der Waals surface area contributed by atoms with E-state index < -0.39 is 0 Å². The van der Waals surface area contributed by atoms with Crippen LogP contribution in [0.15, 0.2) is 35.8 Å². The Morgan fingerprint density at radius 1 is 1.37 bits per heavy atom. The van der Waals surface area contributed by atoms with Gasteiger partial charge in [0.1, 0.15) is 5.75 Å². The second-order valence-electron chi connectivity index (χ2n) is 3.84. The van der Waals surface area contributed by atoms with Crippen LogP contribution in [0.2, 0.25) is 0 Å². The van der Waals surface area contributed by atoms with E-state index in [1.165, 1.54) is 11.3 Å². The summed E-state index contributed by atoms with van der Waals surface area (Å²) in [7, 11) is 1.64. The van der Waals surface area contributed by atoms with Crippen molar-refractivity contribution in [2.24, 2.45) is 0 Å². The van der Waals surface area contributed by atoms with E-state index in [0.29, 0.717) is 11.7 Å². The highest BCUT2D eigenvalue weighted by Gasteiger charge is 2.03. The molecule has 0 radical (unpaired) electrons. The fourth-order valence-electron chi connectivity index (χ4n) is 1.51. The number of thiazole rings is 1. The lowest BCUT2D eigenvalue weighted by atomic mass is 10.2. The Labute approximate surface area is 115 Å². The fraction of sp³-hybridized carbons (Fsp3) is 0.231. The first kappa shape index (κ1) is 13.5. The highest BCUT2D eigenvalue weighted by molar-refractivity contribution is 7.13. The summed E-state index contributed by atoms with van der Waals surface area (Å²) < 4.78 is 5.08. The third-order valence-corrected chi connectivity index (χ3v) is 3.14. The summed E-state index contributed by atoms with van der Waals surface area (Å²) in [6, 6.07) is 7.72. The Hall–Kier alpha value is -1.92. The first-order chi connectivity index (χ1) is 9.28. The van der Waals surface area contributed by atoms with Gasteiger partial charge in [-0.2, -0.15) is 0 Å². The number of ether oxygens (including phenoxy) is 1. The van der Waals surface area contributed by atoms with Gasteiger partial charge in [-0.05, 0) is 17.7 Å². The van der Waals surface area contributed by atoms with Crippen molar-refractivity contribution in [1.29, 1.82) is 0 Å². The van der Waals surface area contributed by atoms with Crippen molar-refractivity contribution < 1.29 is 9.53 Å². The van der Waals surface area contributed by atoms with E-state index in [-0.39, 0.29) is 12.5 Å². The Bertz CT molecular complexity index is 511. The number of carbonyl (C=O) groups excluding carboxylic acids is 1. The molecule has 2 rings (SSSR count). The quantitative estimate of drug-likeness (QED) is 0.846. The van der Waals surface area contributed by atoms with Crippen LogP contribution in [-0.2, 0) is 11.3 Å². The molecule has 2 aromatic rings. The molecule has 6 heteroatoms. The van der Waals surface area contributed by atoms with E-state index in [2.05, 4.69) is 15.6 Å². The molecule has 5 nitrogen and oxygen atoms in total. The van der Waals surface area contributed by atoms with Crippen LogP contribution in [0.3, 0.4) is 0 Å². The van der Waals surface area contributed by atoms with E-state index in [0.717, 1.165) is 11.3 Å². The van der Waals surface area contributed by atoms with Gasteiger partial charge in [0, 0.05) is 18.1 Å². The molecule has 0 aliphatic rings. The third kappa shape index (κ3) is 4.35. The topological polar surface area (TPSA) is 63.2 Å². The van der Waals surface area contributed by atoms with E-state index in [1.54, 1.807) is 13.3 Å². The van der Waals surface area contributed by atoms with Gasteiger partial charge < -0.3 is 15.4 Å². The van der Waals surface area contributed by atoms with Gasteiger partial charge in [-0.15, -0.1) is 11.3 Å². The molecule has 0 atom stereocenters. The normalized spacial score (nSPS) is 10.2. The zero-order valence-corrected chi connectivity index (χ0v) is 11.4. The van der Waals surface area contributed by atoms with E-state index in [9.17, 15) is 4.79 Å². The molecule has 0 fully saturated rings. The summed E-state index contributed by atoms with van der Waals surface area (Å²) >= 11 is 1.40. The van der Waals surface area contributed by atoms with Crippen molar-refractivity contribution in [2.45, 2.75) is 6.54 Å². The number of nitrogens with one attached hydrogen (secondary N) is 2. The number of benzene rings is 1. The predicted octanol–water partition coefficient (Wildman–Crippen LogP) is 1.88. The third-order valence-electron chi connectivity index (χ3n) is 2.45. The van der Waals surface area contributed by atoms with E-state index in [1.807, 2.05) is 29.6 Å². The molecule has 0 saturated carbocycles. The van der Waals surface area contributed by atoms with Gasteiger partial charge in [-0.3, -0.25) is 4.79 Å². The number of nitrogens with zero attached hydrogens (tertiary/aromatic N) is 1. The minimum absolute atomic E-state index is 0.0940. The first-order valence-electron chi connectivity index (χ1n) is 5.81. The van der Waals surface area contributed by atoms with Crippen molar-refractivity contribution in [3.8, 4) is 5.75 Å². The van der Waals surface area contributed by atoms with Gasteiger partial charge in [-0.25, -0.2) is 4.98 Å². The van der Waals surface area contributed by atoms with Gasteiger partial charge in [0.2, 0.25) is 5.91 Å². The number of carbonyl (C=O) groups is 1. The van der Waals surface area contributed by atoms with Gasteiger partial charge >= 0.3 is 0 Å². The van der Waals surface area contributed by atoms with Gasteiger partial charge in [0.05, 0.1) is 13.7 Å². The lowest BCUT2D eigenvalue weighted by Crippen LogP contribution is -2.27. The molecular formula is C13H15N3O2S. The van der Waals surface area contributed by atoms with Crippen LogP contribution in [0, 0.1) is 0 Å². The van der Waals surface area contributed by atoms with E-state index in [4.69, 9.17) is 4.74 Å². The largest absolute Gasteiger partial charge is 0.497 e. The Balaban J connectivity index is 1.72. The number of methoxy groups -OCH3 is 1. The molecule has 0 saturated heterocycles. The van der Waals surface area contributed by atoms with Crippen molar-refractivity contribution in [1.82, 2.24) is 10.3 Å². The maximum absolute atomic E-state index is 11.6. The summed E-state index contributed by atoms with van der Waals surface area (Å²) in [5.41, 5.74) is 1.10. The summed E-state index contributed by atoms with van der Waals surface area (Å²) in [6.45, 7) is 0.890. The van der Waals surface area contributed by atoms with Crippen molar-refractivity contribution in [3.63, 3.8) is 0 Å². The summed E-state index contributed by atoms with van der Waals surface area (Å²) in [5.74, 6) is 0.730. The first-order valence-corrected chi connectivity index (χ1v) is 6.69. The van der Waals surface area contributed by atoms with Crippen molar-refractivity contribution in [2.75, 3.05) is 19.0 Å². The van der Waals surface area contributed by atoms with Gasteiger partial charge in [0.25, 0.3) is 0 Å². The van der Waals surface area contributed by atoms with Gasteiger partial charge in [-0.1, -0.05) is 12.1 Å². The van der Waals surface area contributed by atoms with Crippen LogP contribution in [0.4, 0.5) is 5.13 Å². The van der Waals surface area contributed by atoms with Crippen LogP contribution in [0.1, 0.15) is 5.56 Å². The minimum Gasteiger partial charge on any atom is -0.497 e. The average Bonchev–Trinajstić information content (AvgIpc) is 2.92. The maximum Gasteiger partial charge on any atom is 0.240 e. The molecule has 0 bridgehead atoms. The molecular weight excluding hydrogens is 262 g/mol. The monoisotopic (exact) mass is 277 g/mol. The number of amides is 1. The summed E-state index contributed by atoms with van der Waals surface area (Å²) in [6.07, 6.45) is 1.66. The molecule has 1 aromatic heterocycles. The molecule has 1 amide bonds. The molecule has 19 heavy (non-hydrogen) atoms. The number of rotatable bonds is 6. The number of hydrogen-bond donors (Lipinski definition) is 2.